The lowest BCUT2D eigenvalue weighted by atomic mass is 10.3. The SMILES string of the molecule is OCc1c(Oc2ccccc2Br)nc2sccn12. The third-order valence-electron chi connectivity index (χ3n) is 2.52. The number of imidazole rings is 1. The van der Waals surface area contributed by atoms with Gasteiger partial charge >= 0.3 is 0 Å². The molecule has 0 amide bonds. The zero-order valence-corrected chi connectivity index (χ0v) is 11.6. The van der Waals surface area contributed by atoms with Crippen LogP contribution in [0.5, 0.6) is 11.6 Å². The molecule has 18 heavy (non-hydrogen) atoms. The van der Waals surface area contributed by atoms with Crippen LogP contribution in [-0.4, -0.2) is 14.5 Å². The number of hydrogen-bond donors (Lipinski definition) is 1. The van der Waals surface area contributed by atoms with Crippen LogP contribution in [0.15, 0.2) is 40.3 Å². The molecule has 92 valence electrons. The Hall–Kier alpha value is -1.37. The normalized spacial score (nSPS) is 11.0. The second-order valence-corrected chi connectivity index (χ2v) is 5.34. The first-order valence-corrected chi connectivity index (χ1v) is 6.94. The summed E-state index contributed by atoms with van der Waals surface area (Å²) >= 11 is 4.92. The molecule has 3 aromatic rings. The first kappa shape index (κ1) is 11.7. The third kappa shape index (κ3) is 1.92. The van der Waals surface area contributed by atoms with Gasteiger partial charge in [-0.1, -0.05) is 12.1 Å². The van der Waals surface area contributed by atoms with Gasteiger partial charge in [-0.25, -0.2) is 0 Å². The van der Waals surface area contributed by atoms with Gasteiger partial charge in [0, 0.05) is 11.6 Å². The molecule has 0 unspecified atom stereocenters. The summed E-state index contributed by atoms with van der Waals surface area (Å²) < 4.78 is 8.42. The van der Waals surface area contributed by atoms with E-state index < -0.39 is 0 Å². The molecule has 2 heterocycles. The predicted octanol–water partition coefficient (Wildman–Crippen LogP) is 3.44. The number of halogens is 1. The number of rotatable bonds is 3. The van der Waals surface area contributed by atoms with E-state index in [9.17, 15) is 5.11 Å². The van der Waals surface area contributed by atoms with Crippen molar-refractivity contribution in [2.75, 3.05) is 0 Å². The molecule has 0 saturated heterocycles. The van der Waals surface area contributed by atoms with Crippen molar-refractivity contribution >= 4 is 32.2 Å². The Labute approximate surface area is 116 Å². The highest BCUT2D eigenvalue weighted by Gasteiger charge is 2.15. The van der Waals surface area contributed by atoms with E-state index in [1.54, 1.807) is 0 Å². The van der Waals surface area contributed by atoms with Crippen molar-refractivity contribution < 1.29 is 9.84 Å². The molecule has 0 spiro atoms. The van der Waals surface area contributed by atoms with Crippen LogP contribution in [0.4, 0.5) is 0 Å². The highest BCUT2D eigenvalue weighted by Crippen LogP contribution is 2.32. The monoisotopic (exact) mass is 324 g/mol. The number of aromatic nitrogens is 2. The maximum atomic E-state index is 9.42. The van der Waals surface area contributed by atoms with E-state index in [-0.39, 0.29) is 6.61 Å². The molecule has 0 bridgehead atoms. The van der Waals surface area contributed by atoms with Crippen LogP contribution in [0.2, 0.25) is 0 Å². The standard InChI is InChI=1S/C12H9BrN2O2S/c13-8-3-1-2-4-10(8)17-11-9(7-16)15-5-6-18-12(15)14-11/h1-6,16H,7H2. The van der Waals surface area contributed by atoms with Gasteiger partial charge in [-0.3, -0.25) is 4.40 Å². The highest BCUT2D eigenvalue weighted by atomic mass is 79.9. The van der Waals surface area contributed by atoms with Crippen molar-refractivity contribution in [1.29, 1.82) is 0 Å². The third-order valence-corrected chi connectivity index (χ3v) is 3.93. The average molecular weight is 325 g/mol. The van der Waals surface area contributed by atoms with Gasteiger partial charge in [-0.2, -0.15) is 4.98 Å². The summed E-state index contributed by atoms with van der Waals surface area (Å²) in [5.41, 5.74) is 0.655. The molecule has 2 aromatic heterocycles. The molecule has 4 nitrogen and oxygen atoms in total. The fourth-order valence-electron chi connectivity index (χ4n) is 1.67. The molecular weight excluding hydrogens is 316 g/mol. The van der Waals surface area contributed by atoms with Crippen molar-refractivity contribution in [3.8, 4) is 11.6 Å². The summed E-state index contributed by atoms with van der Waals surface area (Å²) in [6, 6.07) is 7.54. The number of nitrogens with zero attached hydrogens (tertiary/aromatic N) is 2. The van der Waals surface area contributed by atoms with E-state index in [4.69, 9.17) is 4.74 Å². The van der Waals surface area contributed by atoms with E-state index in [0.717, 1.165) is 9.43 Å². The molecule has 0 atom stereocenters. The minimum Gasteiger partial charge on any atom is -0.436 e. The number of benzene rings is 1. The fraction of sp³-hybridized carbons (Fsp3) is 0.0833. The van der Waals surface area contributed by atoms with Crippen LogP contribution in [0.3, 0.4) is 0 Å². The molecule has 0 aliphatic rings. The molecule has 1 aromatic carbocycles. The van der Waals surface area contributed by atoms with Crippen LogP contribution in [0, 0.1) is 0 Å². The van der Waals surface area contributed by atoms with Crippen LogP contribution < -0.4 is 4.74 Å². The summed E-state index contributed by atoms with van der Waals surface area (Å²) in [5.74, 6) is 1.12. The Morgan fingerprint density at radius 2 is 2.22 bits per heavy atom. The molecule has 6 heteroatoms. The maximum absolute atomic E-state index is 9.42. The Kier molecular flexibility index (Phi) is 3.07. The number of hydrogen-bond acceptors (Lipinski definition) is 4. The van der Waals surface area contributed by atoms with E-state index >= 15 is 0 Å². The van der Waals surface area contributed by atoms with Crippen LogP contribution >= 0.6 is 27.3 Å². The Bertz CT molecular complexity index is 692. The summed E-state index contributed by atoms with van der Waals surface area (Å²) in [7, 11) is 0. The maximum Gasteiger partial charge on any atom is 0.244 e. The zero-order valence-electron chi connectivity index (χ0n) is 9.21. The minimum absolute atomic E-state index is 0.113. The van der Waals surface area contributed by atoms with E-state index in [1.165, 1.54) is 11.3 Å². The highest BCUT2D eigenvalue weighted by molar-refractivity contribution is 9.10. The van der Waals surface area contributed by atoms with E-state index in [0.29, 0.717) is 17.3 Å². The number of thiazole rings is 1. The predicted molar refractivity (Wildman–Crippen MR) is 73.2 cm³/mol. The van der Waals surface area contributed by atoms with Gasteiger partial charge in [0.2, 0.25) is 5.88 Å². The molecule has 0 saturated carbocycles. The lowest BCUT2D eigenvalue weighted by molar-refractivity contribution is 0.269. The molecule has 0 aliphatic heterocycles. The van der Waals surface area contributed by atoms with Gasteiger partial charge in [0.15, 0.2) is 4.96 Å². The Balaban J connectivity index is 2.04. The molecule has 1 N–H and O–H groups in total. The number of para-hydroxylation sites is 1. The van der Waals surface area contributed by atoms with E-state index in [1.807, 2.05) is 40.2 Å². The van der Waals surface area contributed by atoms with Crippen molar-refractivity contribution in [3.63, 3.8) is 0 Å². The van der Waals surface area contributed by atoms with Gasteiger partial charge in [0.1, 0.15) is 11.4 Å². The largest absolute Gasteiger partial charge is 0.436 e. The van der Waals surface area contributed by atoms with Crippen LogP contribution in [-0.2, 0) is 6.61 Å². The van der Waals surface area contributed by atoms with Crippen molar-refractivity contribution in [2.45, 2.75) is 6.61 Å². The summed E-state index contributed by atoms with van der Waals surface area (Å²) in [4.78, 5) is 5.16. The lowest BCUT2D eigenvalue weighted by Gasteiger charge is -2.05. The molecule has 3 rings (SSSR count). The number of aliphatic hydroxyl groups excluding tert-OH is 1. The number of aliphatic hydroxyl groups is 1. The van der Waals surface area contributed by atoms with Gasteiger partial charge in [0.05, 0.1) is 11.1 Å². The first-order valence-electron chi connectivity index (χ1n) is 5.27. The molecule has 0 aliphatic carbocycles. The summed E-state index contributed by atoms with van der Waals surface area (Å²) in [6.07, 6.45) is 1.87. The number of ether oxygens (including phenoxy) is 1. The second kappa shape index (κ2) is 4.72. The quantitative estimate of drug-likeness (QED) is 0.802. The Morgan fingerprint density at radius 3 is 3.00 bits per heavy atom. The average Bonchev–Trinajstić information content (AvgIpc) is 2.92. The van der Waals surface area contributed by atoms with Gasteiger partial charge in [0.25, 0.3) is 0 Å². The van der Waals surface area contributed by atoms with Gasteiger partial charge in [-0.05, 0) is 28.1 Å². The lowest BCUT2D eigenvalue weighted by Crippen LogP contribution is -1.93. The Morgan fingerprint density at radius 1 is 1.39 bits per heavy atom. The first-order chi connectivity index (χ1) is 8.79. The van der Waals surface area contributed by atoms with Gasteiger partial charge < -0.3 is 9.84 Å². The van der Waals surface area contributed by atoms with Crippen molar-refractivity contribution in [1.82, 2.24) is 9.38 Å². The van der Waals surface area contributed by atoms with Crippen molar-refractivity contribution in [2.24, 2.45) is 0 Å². The number of fused-ring (bicyclic) bond motifs is 1. The zero-order chi connectivity index (χ0) is 12.5. The van der Waals surface area contributed by atoms with Crippen LogP contribution in [0.25, 0.3) is 4.96 Å². The molecule has 0 radical (unpaired) electrons. The minimum atomic E-state index is -0.113. The molecule has 0 fully saturated rings. The fourth-order valence-corrected chi connectivity index (χ4v) is 2.76. The smallest absolute Gasteiger partial charge is 0.244 e. The topological polar surface area (TPSA) is 46.8 Å². The summed E-state index contributed by atoms with van der Waals surface area (Å²) in [6.45, 7) is -0.113. The second-order valence-electron chi connectivity index (χ2n) is 3.61. The summed E-state index contributed by atoms with van der Waals surface area (Å²) in [5, 5.41) is 11.3. The van der Waals surface area contributed by atoms with Crippen molar-refractivity contribution in [3.05, 3.63) is 46.0 Å². The molecular formula is C12H9BrN2O2S. The van der Waals surface area contributed by atoms with Gasteiger partial charge in [-0.15, -0.1) is 11.3 Å². The van der Waals surface area contributed by atoms with Crippen LogP contribution in [0.1, 0.15) is 5.69 Å². The van der Waals surface area contributed by atoms with E-state index in [2.05, 4.69) is 20.9 Å².